The fraction of sp³-hybridized carbons (Fsp3) is 1.00. The molecule has 56 valence electrons. The summed E-state index contributed by atoms with van der Waals surface area (Å²) in [7, 11) is -2.41. The van der Waals surface area contributed by atoms with Crippen LogP contribution in [-0.4, -0.2) is 28.8 Å². The zero-order valence-electron chi connectivity index (χ0n) is 5.08. The predicted molar refractivity (Wildman–Crippen MR) is 35.8 cm³/mol. The largest absolute Gasteiger partial charge is 0.392 e. The van der Waals surface area contributed by atoms with Crippen molar-refractivity contribution in [3.8, 4) is 0 Å². The van der Waals surface area contributed by atoms with Gasteiger partial charge in [0.25, 0.3) is 0 Å². The third-order valence-electron chi connectivity index (χ3n) is 0.964. The van der Waals surface area contributed by atoms with Crippen LogP contribution in [0, 0.1) is 0 Å². The molecule has 4 nitrogen and oxygen atoms in total. The van der Waals surface area contributed by atoms with Crippen molar-refractivity contribution in [2.24, 2.45) is 5.73 Å². The summed E-state index contributed by atoms with van der Waals surface area (Å²) in [5, 5.41) is 8.75. The van der Waals surface area contributed by atoms with Gasteiger partial charge in [-0.05, 0) is 6.42 Å². The van der Waals surface area contributed by atoms with Crippen LogP contribution in [0.2, 0.25) is 0 Å². The molecule has 0 aromatic carbocycles. The molecule has 0 bridgehead atoms. The van der Waals surface area contributed by atoms with Crippen molar-refractivity contribution in [2.45, 2.75) is 12.5 Å². The summed E-state index contributed by atoms with van der Waals surface area (Å²) in [6.07, 6.45) is -0.125. The van der Waals surface area contributed by atoms with E-state index in [4.69, 9.17) is 15.7 Å². The van der Waals surface area contributed by atoms with Crippen LogP contribution < -0.4 is 5.73 Å². The molecule has 0 saturated heterocycles. The molecule has 5 heteroatoms. The van der Waals surface area contributed by atoms with Gasteiger partial charge < -0.3 is 15.7 Å². The topological polar surface area (TPSA) is 83.5 Å². The van der Waals surface area contributed by atoms with Gasteiger partial charge in [0.2, 0.25) is 0 Å². The normalized spacial score (nSPS) is 17.2. The molecule has 0 rings (SSSR count). The van der Waals surface area contributed by atoms with E-state index in [1.807, 2.05) is 0 Å². The zero-order valence-corrected chi connectivity index (χ0v) is 6.08. The highest BCUT2D eigenvalue weighted by Gasteiger charge is 2.01. The first-order chi connectivity index (χ1) is 4.16. The molecule has 4 N–H and O–H groups in total. The molecule has 0 aliphatic rings. The van der Waals surface area contributed by atoms with E-state index in [1.54, 1.807) is 0 Å². The van der Waals surface area contributed by atoms with Crippen LogP contribution in [0.5, 0.6) is 0 Å². The summed E-state index contributed by atoms with van der Waals surface area (Å²) in [5.41, 5.74) is 5.04. The van der Waals surface area contributed by atoms with E-state index in [1.165, 1.54) is 0 Å². The highest BCUT2D eigenvalue weighted by atomic mass is 31.1. The van der Waals surface area contributed by atoms with Crippen LogP contribution in [0.25, 0.3) is 0 Å². The van der Waals surface area contributed by atoms with Crippen LogP contribution in [0.1, 0.15) is 6.42 Å². The molecule has 0 aromatic heterocycles. The van der Waals surface area contributed by atoms with Crippen LogP contribution in [0.15, 0.2) is 0 Å². The molecule has 0 radical (unpaired) electrons. The second kappa shape index (κ2) is 4.94. The van der Waals surface area contributed by atoms with E-state index in [-0.39, 0.29) is 12.7 Å². The number of rotatable bonds is 4. The minimum Gasteiger partial charge on any atom is -0.392 e. The highest BCUT2D eigenvalue weighted by molar-refractivity contribution is 7.37. The third-order valence-corrected chi connectivity index (χ3v) is 1.68. The quantitative estimate of drug-likeness (QED) is 0.460. The van der Waals surface area contributed by atoms with Gasteiger partial charge in [0.15, 0.2) is 8.03 Å². The van der Waals surface area contributed by atoms with Crippen LogP contribution in [-0.2, 0) is 4.57 Å². The number of aliphatic hydroxyl groups is 1. The third kappa shape index (κ3) is 5.99. The van der Waals surface area contributed by atoms with E-state index in [0.29, 0.717) is 6.42 Å². The van der Waals surface area contributed by atoms with Crippen LogP contribution in [0.4, 0.5) is 0 Å². The van der Waals surface area contributed by atoms with Crippen LogP contribution in [0.3, 0.4) is 0 Å². The standard InChI is InChI=1S/C4H12NO3P/c5-3-4(6)1-2-9(7)8/h4,6,9H,1-3,5H2,(H,7,8)/t4-/m1/s1. The molecule has 2 atom stereocenters. The monoisotopic (exact) mass is 153 g/mol. The maximum atomic E-state index is 10.1. The maximum absolute atomic E-state index is 10.1. The molecule has 9 heavy (non-hydrogen) atoms. The van der Waals surface area contributed by atoms with Crippen molar-refractivity contribution in [2.75, 3.05) is 12.7 Å². The fourth-order valence-corrected chi connectivity index (χ4v) is 0.988. The first-order valence-corrected chi connectivity index (χ1v) is 4.33. The zero-order chi connectivity index (χ0) is 7.28. The molecule has 0 aliphatic carbocycles. The second-order valence-electron chi connectivity index (χ2n) is 1.82. The lowest BCUT2D eigenvalue weighted by atomic mass is 10.3. The molecule has 0 heterocycles. The van der Waals surface area contributed by atoms with Crippen molar-refractivity contribution in [3.63, 3.8) is 0 Å². The first kappa shape index (κ1) is 9.11. The summed E-state index contributed by atoms with van der Waals surface area (Å²) in [5.74, 6) is 0. The van der Waals surface area contributed by atoms with Crippen molar-refractivity contribution in [1.29, 1.82) is 0 Å². The van der Waals surface area contributed by atoms with Crippen LogP contribution >= 0.6 is 8.03 Å². The summed E-state index contributed by atoms with van der Waals surface area (Å²) in [4.78, 5) is 8.29. The number of hydrogen-bond acceptors (Lipinski definition) is 3. The van der Waals surface area contributed by atoms with E-state index in [2.05, 4.69) is 0 Å². The Bertz CT molecular complexity index is 97.8. The smallest absolute Gasteiger partial charge is 0.189 e. The summed E-state index contributed by atoms with van der Waals surface area (Å²) in [6.45, 7) is 0.162. The minimum atomic E-state index is -2.41. The van der Waals surface area contributed by atoms with Crippen molar-refractivity contribution in [1.82, 2.24) is 0 Å². The van der Waals surface area contributed by atoms with E-state index >= 15 is 0 Å². The maximum Gasteiger partial charge on any atom is 0.189 e. The SMILES string of the molecule is NC[C@H](O)CC[PH](=O)O. The van der Waals surface area contributed by atoms with E-state index < -0.39 is 14.1 Å². The average Bonchev–Trinajstić information content (AvgIpc) is 1.83. The first-order valence-electron chi connectivity index (χ1n) is 2.76. The molecule has 0 spiro atoms. The van der Waals surface area contributed by atoms with Gasteiger partial charge in [0.1, 0.15) is 0 Å². The number of nitrogens with two attached hydrogens (primary N) is 1. The fourth-order valence-electron chi connectivity index (χ4n) is 0.408. The Morgan fingerprint density at radius 2 is 2.22 bits per heavy atom. The Labute approximate surface area is 54.6 Å². The Morgan fingerprint density at radius 3 is 2.56 bits per heavy atom. The Balaban J connectivity index is 3.16. The molecule has 0 amide bonds. The van der Waals surface area contributed by atoms with Gasteiger partial charge >= 0.3 is 0 Å². The van der Waals surface area contributed by atoms with Gasteiger partial charge in [-0.2, -0.15) is 0 Å². The summed E-state index contributed by atoms with van der Waals surface area (Å²) >= 11 is 0. The van der Waals surface area contributed by atoms with Crippen molar-refractivity contribution >= 4 is 8.03 Å². The van der Waals surface area contributed by atoms with Gasteiger partial charge in [0, 0.05) is 12.7 Å². The average molecular weight is 153 g/mol. The number of aliphatic hydroxyl groups excluding tert-OH is 1. The lowest BCUT2D eigenvalue weighted by Gasteiger charge is -2.03. The molecule has 0 aromatic rings. The minimum absolute atomic E-state index is 0.162. The second-order valence-corrected chi connectivity index (χ2v) is 3.11. The molecule has 1 unspecified atom stereocenters. The molecule has 0 fully saturated rings. The number of hydrogen-bond donors (Lipinski definition) is 3. The van der Waals surface area contributed by atoms with Gasteiger partial charge in [0.05, 0.1) is 6.10 Å². The van der Waals surface area contributed by atoms with E-state index in [9.17, 15) is 4.57 Å². The molecular weight excluding hydrogens is 141 g/mol. The van der Waals surface area contributed by atoms with Crippen molar-refractivity contribution < 1.29 is 14.6 Å². The Hall–Kier alpha value is 0.110. The summed E-state index contributed by atoms with van der Waals surface area (Å²) < 4.78 is 10.1. The van der Waals surface area contributed by atoms with E-state index in [0.717, 1.165) is 0 Å². The summed E-state index contributed by atoms with van der Waals surface area (Å²) in [6, 6.07) is 0. The molecule has 0 aliphatic heterocycles. The Morgan fingerprint density at radius 1 is 1.67 bits per heavy atom. The lowest BCUT2D eigenvalue weighted by molar-refractivity contribution is 0.179. The molecular formula is C4H12NO3P. The molecule has 0 saturated carbocycles. The van der Waals surface area contributed by atoms with Gasteiger partial charge in [-0.25, -0.2) is 0 Å². The Kier molecular flexibility index (Phi) is 5.00. The lowest BCUT2D eigenvalue weighted by Crippen LogP contribution is -2.19. The van der Waals surface area contributed by atoms with Gasteiger partial charge in [-0.15, -0.1) is 0 Å². The van der Waals surface area contributed by atoms with Crippen molar-refractivity contribution in [3.05, 3.63) is 0 Å². The van der Waals surface area contributed by atoms with Gasteiger partial charge in [-0.3, -0.25) is 4.57 Å². The predicted octanol–water partition coefficient (Wildman–Crippen LogP) is -0.837. The highest BCUT2D eigenvalue weighted by Crippen LogP contribution is 2.14. The van der Waals surface area contributed by atoms with Gasteiger partial charge in [-0.1, -0.05) is 0 Å².